The zero-order valence-corrected chi connectivity index (χ0v) is 26.0. The molecule has 206 valence electrons. The number of nitrogens with one attached hydrogen (secondary N) is 2. The zero-order chi connectivity index (χ0) is 28.3. The van der Waals surface area contributed by atoms with Gasteiger partial charge in [0, 0.05) is 23.6 Å². The van der Waals surface area contributed by atoms with Gasteiger partial charge in [0.15, 0.2) is 0 Å². The molecule has 0 bridgehead atoms. The summed E-state index contributed by atoms with van der Waals surface area (Å²) < 4.78 is 0. The van der Waals surface area contributed by atoms with Crippen molar-refractivity contribution >= 4 is 17.1 Å². The average Bonchev–Trinajstić information content (AvgIpc) is 2.78. The van der Waals surface area contributed by atoms with Gasteiger partial charge in [-0.2, -0.15) is 0 Å². The molecule has 0 aliphatic heterocycles. The lowest BCUT2D eigenvalue weighted by atomic mass is 9.77. The quantitative estimate of drug-likeness (QED) is 0.313. The molecule has 38 heavy (non-hydrogen) atoms. The molecule has 0 aliphatic rings. The van der Waals surface area contributed by atoms with E-state index < -0.39 is 0 Å². The smallest absolute Gasteiger partial charge is 0.0403 e. The van der Waals surface area contributed by atoms with Crippen LogP contribution in [0.15, 0.2) is 60.7 Å². The van der Waals surface area contributed by atoms with Crippen LogP contribution in [0.1, 0.15) is 103 Å². The van der Waals surface area contributed by atoms with Crippen LogP contribution < -0.4 is 10.6 Å². The second kappa shape index (κ2) is 11.6. The predicted octanol–water partition coefficient (Wildman–Crippen LogP) is 10.6. The Morgan fingerprint density at radius 1 is 0.684 bits per heavy atom. The van der Waals surface area contributed by atoms with Gasteiger partial charge in [0.05, 0.1) is 0 Å². The molecular formula is C36H52N2. The minimum atomic E-state index is 0.121. The molecule has 0 spiro atoms. The van der Waals surface area contributed by atoms with Gasteiger partial charge in [-0.05, 0) is 106 Å². The molecule has 3 aromatic rings. The molecular weight excluding hydrogens is 460 g/mol. The lowest BCUT2D eigenvalue weighted by molar-refractivity contribution is 0.306. The Hall–Kier alpha value is -2.74. The summed E-state index contributed by atoms with van der Waals surface area (Å²) >= 11 is 0. The fourth-order valence-electron chi connectivity index (χ4n) is 5.45. The Bertz CT molecular complexity index is 1180. The second-order valence-electron chi connectivity index (χ2n) is 14.6. The molecule has 2 N–H and O–H groups in total. The van der Waals surface area contributed by atoms with E-state index in [-0.39, 0.29) is 10.8 Å². The Labute approximate surface area is 233 Å². The normalized spacial score (nSPS) is 13.3. The molecule has 2 nitrogen and oxygen atoms in total. The molecule has 0 aromatic heterocycles. The van der Waals surface area contributed by atoms with Crippen molar-refractivity contribution in [1.82, 2.24) is 0 Å². The van der Waals surface area contributed by atoms with E-state index in [4.69, 9.17) is 0 Å². The maximum absolute atomic E-state index is 3.66. The number of benzene rings is 3. The number of hydrogen-bond donors (Lipinski definition) is 2. The van der Waals surface area contributed by atoms with Gasteiger partial charge in [0.25, 0.3) is 0 Å². The third-order valence-corrected chi connectivity index (χ3v) is 7.34. The van der Waals surface area contributed by atoms with Crippen molar-refractivity contribution in [3.63, 3.8) is 0 Å². The van der Waals surface area contributed by atoms with Crippen LogP contribution in [-0.4, -0.2) is 0 Å². The molecule has 0 amide bonds. The van der Waals surface area contributed by atoms with Crippen molar-refractivity contribution in [2.45, 2.75) is 106 Å². The lowest BCUT2D eigenvalue weighted by Gasteiger charge is -2.29. The van der Waals surface area contributed by atoms with Gasteiger partial charge in [-0.15, -0.1) is 0 Å². The van der Waals surface area contributed by atoms with E-state index in [9.17, 15) is 0 Å². The van der Waals surface area contributed by atoms with E-state index in [0.717, 1.165) is 30.0 Å². The van der Waals surface area contributed by atoms with Crippen LogP contribution in [0.25, 0.3) is 0 Å². The molecule has 2 heteroatoms. The summed E-state index contributed by atoms with van der Waals surface area (Å²) in [4.78, 5) is 0. The SMILES string of the molecule is Cc1c(CNc2ccc(Nc3ccc(CC(C)CC(C)(C)C)cc3)cc2)cc(C(C)(C)C)cc1C(C)(C)C. The molecule has 0 aliphatic carbocycles. The maximum atomic E-state index is 3.66. The first kappa shape index (κ1) is 29.8. The highest BCUT2D eigenvalue weighted by Gasteiger charge is 2.23. The van der Waals surface area contributed by atoms with Crippen molar-refractivity contribution in [3.8, 4) is 0 Å². The van der Waals surface area contributed by atoms with Crippen molar-refractivity contribution in [1.29, 1.82) is 0 Å². The summed E-state index contributed by atoms with van der Waals surface area (Å²) in [6.45, 7) is 26.3. The summed E-state index contributed by atoms with van der Waals surface area (Å²) in [5, 5.41) is 7.22. The maximum Gasteiger partial charge on any atom is 0.0403 e. The van der Waals surface area contributed by atoms with E-state index in [1.807, 2.05) is 0 Å². The molecule has 0 radical (unpaired) electrons. The highest BCUT2D eigenvalue weighted by atomic mass is 14.9. The van der Waals surface area contributed by atoms with Gasteiger partial charge in [-0.1, -0.05) is 93.5 Å². The van der Waals surface area contributed by atoms with Crippen LogP contribution in [0, 0.1) is 18.3 Å². The molecule has 0 fully saturated rings. The van der Waals surface area contributed by atoms with E-state index in [2.05, 4.69) is 147 Å². The Kier molecular flexibility index (Phi) is 9.07. The van der Waals surface area contributed by atoms with E-state index in [1.54, 1.807) is 0 Å². The van der Waals surface area contributed by atoms with Crippen LogP contribution in [0.5, 0.6) is 0 Å². The van der Waals surface area contributed by atoms with E-state index >= 15 is 0 Å². The summed E-state index contributed by atoms with van der Waals surface area (Å²) in [6, 6.07) is 22.4. The lowest BCUT2D eigenvalue weighted by Crippen LogP contribution is -2.19. The highest BCUT2D eigenvalue weighted by molar-refractivity contribution is 5.63. The predicted molar refractivity (Wildman–Crippen MR) is 169 cm³/mol. The molecule has 0 saturated heterocycles. The van der Waals surface area contributed by atoms with Gasteiger partial charge in [-0.25, -0.2) is 0 Å². The van der Waals surface area contributed by atoms with Crippen LogP contribution in [0.3, 0.4) is 0 Å². The standard InChI is InChI=1S/C36H52N2/c1-25(23-34(3,4)5)20-27-12-14-31(15-13-27)38-32-18-16-30(17-19-32)37-24-28-21-29(35(6,7)8)22-33(26(28)2)36(9,10)11/h12-19,21-22,25,37-38H,20,23-24H2,1-11H3. The summed E-state index contributed by atoms with van der Waals surface area (Å²) in [5.41, 5.74) is 11.0. The second-order valence-corrected chi connectivity index (χ2v) is 14.6. The number of hydrogen-bond acceptors (Lipinski definition) is 2. The first-order valence-corrected chi connectivity index (χ1v) is 14.4. The first-order valence-electron chi connectivity index (χ1n) is 14.4. The molecule has 1 unspecified atom stereocenters. The Morgan fingerprint density at radius 2 is 1.21 bits per heavy atom. The molecule has 0 heterocycles. The summed E-state index contributed by atoms with van der Waals surface area (Å²) in [7, 11) is 0. The van der Waals surface area contributed by atoms with Gasteiger partial charge >= 0.3 is 0 Å². The monoisotopic (exact) mass is 512 g/mol. The third kappa shape index (κ3) is 8.65. The topological polar surface area (TPSA) is 24.1 Å². The zero-order valence-electron chi connectivity index (χ0n) is 26.0. The van der Waals surface area contributed by atoms with Crippen molar-refractivity contribution in [3.05, 3.63) is 88.5 Å². The fraction of sp³-hybridized carbons (Fsp3) is 0.500. The van der Waals surface area contributed by atoms with Crippen molar-refractivity contribution < 1.29 is 0 Å². The van der Waals surface area contributed by atoms with Crippen molar-refractivity contribution in [2.24, 2.45) is 11.3 Å². The van der Waals surface area contributed by atoms with Gasteiger partial charge in [0.2, 0.25) is 0 Å². The van der Waals surface area contributed by atoms with Crippen LogP contribution in [-0.2, 0) is 23.8 Å². The largest absolute Gasteiger partial charge is 0.381 e. The number of anilines is 3. The molecule has 3 rings (SSSR count). The van der Waals surface area contributed by atoms with Crippen molar-refractivity contribution in [2.75, 3.05) is 10.6 Å². The summed E-state index contributed by atoms with van der Waals surface area (Å²) in [6.07, 6.45) is 2.38. The van der Waals surface area contributed by atoms with Gasteiger partial charge < -0.3 is 10.6 Å². The average molecular weight is 513 g/mol. The molecule has 0 saturated carbocycles. The van der Waals surface area contributed by atoms with Gasteiger partial charge in [0.1, 0.15) is 0 Å². The molecule has 3 aromatic carbocycles. The summed E-state index contributed by atoms with van der Waals surface area (Å²) in [5.74, 6) is 0.689. The van der Waals surface area contributed by atoms with Crippen LogP contribution >= 0.6 is 0 Å². The van der Waals surface area contributed by atoms with Crippen LogP contribution in [0.2, 0.25) is 0 Å². The number of rotatable bonds is 8. The molecule has 1 atom stereocenters. The minimum absolute atomic E-state index is 0.121. The van der Waals surface area contributed by atoms with Gasteiger partial charge in [-0.3, -0.25) is 0 Å². The third-order valence-electron chi connectivity index (χ3n) is 7.34. The van der Waals surface area contributed by atoms with E-state index in [0.29, 0.717) is 11.3 Å². The first-order chi connectivity index (χ1) is 17.5. The van der Waals surface area contributed by atoms with E-state index in [1.165, 1.54) is 34.2 Å². The Morgan fingerprint density at radius 3 is 1.71 bits per heavy atom. The van der Waals surface area contributed by atoms with Crippen LogP contribution in [0.4, 0.5) is 17.1 Å². The Balaban J connectivity index is 1.64. The highest BCUT2D eigenvalue weighted by Crippen LogP contribution is 2.34. The fourth-order valence-corrected chi connectivity index (χ4v) is 5.45. The minimum Gasteiger partial charge on any atom is -0.381 e.